The number of esters is 4. The highest BCUT2D eigenvalue weighted by Crippen LogP contribution is 2.45. The van der Waals surface area contributed by atoms with E-state index in [1.165, 1.54) is 103 Å². The second kappa shape index (κ2) is 54.2. The third kappa shape index (κ3) is 58.8. The molecule has 17 nitrogen and oxygen atoms in total. The van der Waals surface area contributed by atoms with Crippen molar-refractivity contribution in [3.05, 3.63) is 0 Å². The zero-order valence-corrected chi connectivity index (χ0v) is 55.6. The molecule has 0 aromatic rings. The summed E-state index contributed by atoms with van der Waals surface area (Å²) < 4.78 is 67.9. The molecule has 0 aliphatic rings. The van der Waals surface area contributed by atoms with Crippen molar-refractivity contribution in [3.8, 4) is 0 Å². The Morgan fingerprint density at radius 3 is 0.747 bits per heavy atom. The fourth-order valence-corrected chi connectivity index (χ4v) is 11.0. The van der Waals surface area contributed by atoms with Gasteiger partial charge in [-0.15, -0.1) is 0 Å². The molecule has 83 heavy (non-hydrogen) atoms. The first-order valence-corrected chi connectivity index (χ1v) is 36.2. The Bertz CT molecular complexity index is 1660. The summed E-state index contributed by atoms with van der Waals surface area (Å²) in [5.74, 6) is 0.709. The van der Waals surface area contributed by atoms with Gasteiger partial charge in [0.05, 0.1) is 26.4 Å². The highest BCUT2D eigenvalue weighted by Gasteiger charge is 2.30. The van der Waals surface area contributed by atoms with E-state index in [0.29, 0.717) is 37.5 Å². The third-order valence-electron chi connectivity index (χ3n) is 14.6. The Kier molecular flexibility index (Phi) is 53.0. The number of aliphatic hydroxyl groups excluding tert-OH is 1. The molecule has 0 aliphatic heterocycles. The molecule has 0 aromatic heterocycles. The Balaban J connectivity index is 5.24. The molecule has 0 saturated heterocycles. The quantitative estimate of drug-likeness (QED) is 0.0222. The van der Waals surface area contributed by atoms with E-state index in [-0.39, 0.29) is 25.7 Å². The Morgan fingerprint density at radius 1 is 0.301 bits per heavy atom. The molecular formula is C64H124O17P2. The molecule has 0 aliphatic carbocycles. The van der Waals surface area contributed by atoms with E-state index < -0.39 is 97.5 Å². The highest BCUT2D eigenvalue weighted by atomic mass is 31.2. The molecule has 0 radical (unpaired) electrons. The Morgan fingerprint density at radius 2 is 0.506 bits per heavy atom. The molecule has 0 fully saturated rings. The lowest BCUT2D eigenvalue weighted by molar-refractivity contribution is -0.161. The van der Waals surface area contributed by atoms with E-state index in [4.69, 9.17) is 37.0 Å². The van der Waals surface area contributed by atoms with Crippen molar-refractivity contribution >= 4 is 39.5 Å². The van der Waals surface area contributed by atoms with Gasteiger partial charge in [0.1, 0.15) is 19.3 Å². The van der Waals surface area contributed by atoms with Gasteiger partial charge in [-0.25, -0.2) is 9.13 Å². The van der Waals surface area contributed by atoms with Gasteiger partial charge in [-0.2, -0.15) is 0 Å². The van der Waals surface area contributed by atoms with Crippen LogP contribution in [0.15, 0.2) is 0 Å². The van der Waals surface area contributed by atoms with Crippen LogP contribution in [0.2, 0.25) is 0 Å². The highest BCUT2D eigenvalue weighted by molar-refractivity contribution is 7.47. The summed E-state index contributed by atoms with van der Waals surface area (Å²) in [5, 5.41) is 10.5. The van der Waals surface area contributed by atoms with Crippen LogP contribution in [0.4, 0.5) is 0 Å². The Hall–Kier alpha value is -1.94. The van der Waals surface area contributed by atoms with Crippen LogP contribution in [-0.2, 0) is 65.4 Å². The van der Waals surface area contributed by atoms with Crippen LogP contribution in [0.25, 0.3) is 0 Å². The van der Waals surface area contributed by atoms with Gasteiger partial charge in [0.25, 0.3) is 0 Å². The minimum atomic E-state index is -4.95. The molecule has 0 bridgehead atoms. The number of rotatable bonds is 61. The minimum absolute atomic E-state index is 0.102. The van der Waals surface area contributed by atoms with Crippen molar-refractivity contribution in [2.24, 2.45) is 23.7 Å². The standard InChI is InChI=1S/C64H124O17P2/c1-54(2)40-32-24-16-11-9-10-12-19-28-36-44-61(66)74-50-59(80-63(68)46-38-30-20-14-13-17-25-33-41-55(3)4)52-78-82(70,71)76-48-58(65)49-77-83(72,73)79-53-60(51-75-62(67)45-37-29-23-22-27-35-43-57(7)8)81-64(69)47-39-31-21-15-18-26-34-42-56(5)6/h54-60,65H,9-53H2,1-8H3,(H,70,71)(H,72,73)/t58-,59-,60-/m1/s1. The molecule has 2 unspecified atom stereocenters. The molecule has 19 heteroatoms. The predicted octanol–water partition coefficient (Wildman–Crippen LogP) is 17.4. The zero-order chi connectivity index (χ0) is 61.8. The van der Waals surface area contributed by atoms with Crippen molar-refractivity contribution < 1.29 is 80.2 Å². The SMILES string of the molecule is CC(C)CCCCCCCCCCCCC(=O)OC[C@H](COP(=O)(O)OC[C@@H](O)COP(=O)(O)OC[C@@H](COC(=O)CCCCCCCCC(C)C)OC(=O)CCCCCCCCCC(C)C)OC(=O)CCCCCCCCCCC(C)C. The van der Waals surface area contributed by atoms with E-state index in [2.05, 4.69) is 55.4 Å². The van der Waals surface area contributed by atoms with Crippen LogP contribution in [0, 0.1) is 23.7 Å². The van der Waals surface area contributed by atoms with Gasteiger partial charge >= 0.3 is 39.5 Å². The van der Waals surface area contributed by atoms with Gasteiger partial charge in [0.15, 0.2) is 12.2 Å². The summed E-state index contributed by atoms with van der Waals surface area (Å²) in [5.41, 5.74) is 0. The maximum atomic E-state index is 13.0. The summed E-state index contributed by atoms with van der Waals surface area (Å²) >= 11 is 0. The fraction of sp³-hybridized carbons (Fsp3) is 0.938. The van der Waals surface area contributed by atoms with E-state index in [1.807, 2.05) is 0 Å². The van der Waals surface area contributed by atoms with Crippen LogP contribution in [0.5, 0.6) is 0 Å². The summed E-state index contributed by atoms with van der Waals surface area (Å²) in [7, 11) is -9.89. The molecule has 492 valence electrons. The molecule has 5 atom stereocenters. The largest absolute Gasteiger partial charge is 0.472 e. The first-order chi connectivity index (χ1) is 39.6. The van der Waals surface area contributed by atoms with E-state index in [9.17, 15) is 43.2 Å². The van der Waals surface area contributed by atoms with Crippen molar-refractivity contribution in [1.29, 1.82) is 0 Å². The molecule has 0 rings (SSSR count). The maximum absolute atomic E-state index is 13.0. The fourth-order valence-electron chi connectivity index (χ4n) is 9.43. The van der Waals surface area contributed by atoms with Gasteiger partial charge in [-0.05, 0) is 49.4 Å². The topological polar surface area (TPSA) is 237 Å². The molecule has 3 N–H and O–H groups in total. The van der Waals surface area contributed by atoms with Crippen LogP contribution in [0.1, 0.15) is 306 Å². The second-order valence-electron chi connectivity index (χ2n) is 25.1. The number of carbonyl (C=O) groups excluding carboxylic acids is 4. The number of phosphoric ester groups is 2. The maximum Gasteiger partial charge on any atom is 0.472 e. The molecule has 0 spiro atoms. The number of phosphoric acid groups is 2. The minimum Gasteiger partial charge on any atom is -0.462 e. The lowest BCUT2D eigenvalue weighted by Gasteiger charge is -2.21. The first kappa shape index (κ1) is 81.1. The number of aliphatic hydroxyl groups is 1. The average Bonchev–Trinajstić information content (AvgIpc) is 3.42. The molecule has 0 aromatic carbocycles. The van der Waals surface area contributed by atoms with Crippen LogP contribution in [-0.4, -0.2) is 96.7 Å². The average molecular weight is 1230 g/mol. The second-order valence-corrected chi connectivity index (χ2v) is 28.0. The number of unbranched alkanes of at least 4 members (excludes halogenated alkanes) is 27. The Labute approximate surface area is 505 Å². The smallest absolute Gasteiger partial charge is 0.462 e. The van der Waals surface area contributed by atoms with E-state index in [1.54, 1.807) is 0 Å². The number of hydrogen-bond acceptors (Lipinski definition) is 15. The van der Waals surface area contributed by atoms with Crippen molar-refractivity contribution in [1.82, 2.24) is 0 Å². The third-order valence-corrected chi connectivity index (χ3v) is 16.5. The van der Waals surface area contributed by atoms with Crippen molar-refractivity contribution in [3.63, 3.8) is 0 Å². The first-order valence-electron chi connectivity index (χ1n) is 33.2. The molecule has 0 saturated carbocycles. The van der Waals surface area contributed by atoms with Gasteiger partial charge < -0.3 is 33.8 Å². The molecular weight excluding hydrogens is 1100 g/mol. The van der Waals surface area contributed by atoms with Crippen LogP contribution < -0.4 is 0 Å². The number of hydrogen-bond donors (Lipinski definition) is 3. The molecule has 0 heterocycles. The van der Waals surface area contributed by atoms with Crippen LogP contribution >= 0.6 is 15.6 Å². The monoisotopic (exact) mass is 1230 g/mol. The summed E-state index contributed by atoms with van der Waals surface area (Å²) in [6, 6.07) is 0. The van der Waals surface area contributed by atoms with Crippen LogP contribution in [0.3, 0.4) is 0 Å². The summed E-state index contributed by atoms with van der Waals surface area (Å²) in [4.78, 5) is 72.2. The predicted molar refractivity (Wildman–Crippen MR) is 331 cm³/mol. The zero-order valence-electron chi connectivity index (χ0n) is 53.8. The van der Waals surface area contributed by atoms with E-state index in [0.717, 1.165) is 108 Å². The lowest BCUT2D eigenvalue weighted by atomic mass is 10.0. The van der Waals surface area contributed by atoms with Crippen molar-refractivity contribution in [2.45, 2.75) is 324 Å². The summed E-state index contributed by atoms with van der Waals surface area (Å²) in [6.45, 7) is 13.9. The lowest BCUT2D eigenvalue weighted by Crippen LogP contribution is -2.30. The van der Waals surface area contributed by atoms with E-state index >= 15 is 0 Å². The van der Waals surface area contributed by atoms with Crippen molar-refractivity contribution in [2.75, 3.05) is 39.6 Å². The summed E-state index contributed by atoms with van der Waals surface area (Å²) in [6.07, 6.45) is 33.7. The van der Waals surface area contributed by atoms with Gasteiger partial charge in [0, 0.05) is 25.7 Å². The van der Waals surface area contributed by atoms with Gasteiger partial charge in [-0.3, -0.25) is 37.3 Å². The van der Waals surface area contributed by atoms with Gasteiger partial charge in [-0.1, -0.05) is 254 Å². The normalized spacial score (nSPS) is 14.4. The number of carbonyl (C=O) groups is 4. The molecule has 0 amide bonds. The van der Waals surface area contributed by atoms with Gasteiger partial charge in [0.2, 0.25) is 0 Å². The number of ether oxygens (including phenoxy) is 4.